The molecule has 0 fully saturated rings. The van der Waals surface area contributed by atoms with E-state index in [4.69, 9.17) is 15.0 Å². The highest BCUT2D eigenvalue weighted by atomic mass is 19.4. The summed E-state index contributed by atoms with van der Waals surface area (Å²) in [5.74, 6) is 0.0814. The van der Waals surface area contributed by atoms with Crippen LogP contribution in [0.1, 0.15) is 24.2 Å². The van der Waals surface area contributed by atoms with Crippen LogP contribution in [0.15, 0.2) is 4.52 Å². The van der Waals surface area contributed by atoms with Crippen LogP contribution < -0.4 is 5.73 Å². The number of halogens is 3. The molecule has 1 aromatic heterocycles. The van der Waals surface area contributed by atoms with E-state index in [1.54, 1.807) is 0 Å². The lowest BCUT2D eigenvalue weighted by Crippen LogP contribution is -2.16. The summed E-state index contributed by atoms with van der Waals surface area (Å²) in [6.07, 6.45) is -5.52. The molecular weight excluding hydrogens is 227 g/mol. The number of hydrogen-bond donors (Lipinski definition) is 1. The van der Waals surface area contributed by atoms with Crippen molar-refractivity contribution in [2.75, 3.05) is 13.7 Å². The minimum absolute atomic E-state index is 0.00104. The standard InChI is InChI=1S/C8H12F3N3O2/c1-15-4-5(12)7-13-6(14-16-7)2-3-8(9,10)11/h5H,2-4,12H2,1H3. The third-order valence-corrected chi connectivity index (χ3v) is 1.78. The van der Waals surface area contributed by atoms with Gasteiger partial charge in [0.25, 0.3) is 0 Å². The van der Waals surface area contributed by atoms with Crippen LogP contribution in [0.4, 0.5) is 13.2 Å². The highest BCUT2D eigenvalue weighted by Crippen LogP contribution is 2.21. The maximum absolute atomic E-state index is 11.9. The average molecular weight is 239 g/mol. The summed E-state index contributed by atoms with van der Waals surface area (Å²) in [6, 6.07) is -0.614. The van der Waals surface area contributed by atoms with Crippen LogP contribution in [0.5, 0.6) is 0 Å². The topological polar surface area (TPSA) is 74.2 Å². The van der Waals surface area contributed by atoms with Crippen molar-refractivity contribution in [3.8, 4) is 0 Å². The van der Waals surface area contributed by atoms with Crippen LogP contribution >= 0.6 is 0 Å². The van der Waals surface area contributed by atoms with E-state index in [2.05, 4.69) is 10.1 Å². The largest absolute Gasteiger partial charge is 0.389 e. The minimum atomic E-state index is -4.23. The van der Waals surface area contributed by atoms with Crippen molar-refractivity contribution < 1.29 is 22.4 Å². The highest BCUT2D eigenvalue weighted by molar-refractivity contribution is 4.92. The fraction of sp³-hybridized carbons (Fsp3) is 0.750. The fourth-order valence-electron chi connectivity index (χ4n) is 1.02. The molecule has 16 heavy (non-hydrogen) atoms. The first kappa shape index (κ1) is 12.9. The Morgan fingerprint density at radius 2 is 2.19 bits per heavy atom. The van der Waals surface area contributed by atoms with Gasteiger partial charge in [-0.1, -0.05) is 5.16 Å². The Bertz CT molecular complexity index is 327. The summed E-state index contributed by atoms with van der Waals surface area (Å²) in [4.78, 5) is 3.75. The molecule has 1 unspecified atom stereocenters. The zero-order chi connectivity index (χ0) is 12.2. The van der Waals surface area contributed by atoms with Crippen molar-refractivity contribution in [1.82, 2.24) is 10.1 Å². The van der Waals surface area contributed by atoms with Crippen LogP contribution in [0.2, 0.25) is 0 Å². The molecule has 8 heteroatoms. The van der Waals surface area contributed by atoms with Crippen molar-refractivity contribution in [2.24, 2.45) is 5.73 Å². The lowest BCUT2D eigenvalue weighted by Gasteiger charge is -2.03. The second-order valence-electron chi connectivity index (χ2n) is 3.23. The van der Waals surface area contributed by atoms with Gasteiger partial charge in [0.1, 0.15) is 6.04 Å². The van der Waals surface area contributed by atoms with Gasteiger partial charge in [0, 0.05) is 13.5 Å². The van der Waals surface area contributed by atoms with Gasteiger partial charge in [-0.3, -0.25) is 0 Å². The molecule has 0 amide bonds. The number of nitrogens with two attached hydrogens (primary N) is 1. The Labute approximate surface area is 89.8 Å². The Morgan fingerprint density at radius 1 is 1.50 bits per heavy atom. The number of rotatable bonds is 5. The van der Waals surface area contributed by atoms with E-state index in [0.717, 1.165) is 0 Å². The first-order valence-electron chi connectivity index (χ1n) is 4.56. The molecular formula is C8H12F3N3O2. The molecule has 1 heterocycles. The minimum Gasteiger partial charge on any atom is -0.383 e. The lowest BCUT2D eigenvalue weighted by molar-refractivity contribution is -0.134. The summed E-state index contributed by atoms with van der Waals surface area (Å²) >= 11 is 0. The van der Waals surface area contributed by atoms with E-state index in [-0.39, 0.29) is 24.7 Å². The molecule has 0 aromatic carbocycles. The molecule has 0 aliphatic heterocycles. The lowest BCUT2D eigenvalue weighted by atomic mass is 10.3. The monoisotopic (exact) mass is 239 g/mol. The molecule has 0 spiro atoms. The van der Waals surface area contributed by atoms with Gasteiger partial charge in [0.2, 0.25) is 5.89 Å². The average Bonchev–Trinajstić information content (AvgIpc) is 2.62. The van der Waals surface area contributed by atoms with Crippen LogP contribution in [0, 0.1) is 0 Å². The molecule has 0 radical (unpaired) electrons. The van der Waals surface area contributed by atoms with E-state index >= 15 is 0 Å². The third kappa shape index (κ3) is 4.15. The zero-order valence-electron chi connectivity index (χ0n) is 8.62. The molecule has 92 valence electrons. The molecule has 0 aliphatic rings. The molecule has 1 aromatic rings. The van der Waals surface area contributed by atoms with Gasteiger partial charge >= 0.3 is 6.18 Å². The van der Waals surface area contributed by atoms with Crippen LogP contribution in [-0.2, 0) is 11.2 Å². The van der Waals surface area contributed by atoms with Crippen LogP contribution in [-0.4, -0.2) is 30.0 Å². The summed E-state index contributed by atoms with van der Waals surface area (Å²) in [6.45, 7) is 0.168. The summed E-state index contributed by atoms with van der Waals surface area (Å²) in [5, 5.41) is 3.40. The fourth-order valence-corrected chi connectivity index (χ4v) is 1.02. The Morgan fingerprint density at radius 3 is 2.75 bits per heavy atom. The maximum Gasteiger partial charge on any atom is 0.389 e. The van der Waals surface area contributed by atoms with E-state index < -0.39 is 18.6 Å². The SMILES string of the molecule is COCC(N)c1nc(CCC(F)(F)F)no1. The Balaban J connectivity index is 2.51. The first-order chi connectivity index (χ1) is 7.42. The number of methoxy groups -OCH3 is 1. The van der Waals surface area contributed by atoms with Crippen LogP contribution in [0.3, 0.4) is 0 Å². The number of alkyl halides is 3. The predicted molar refractivity (Wildman–Crippen MR) is 47.5 cm³/mol. The second kappa shape index (κ2) is 5.26. The molecule has 0 aliphatic carbocycles. The maximum atomic E-state index is 11.9. The van der Waals surface area contributed by atoms with Gasteiger partial charge in [0.15, 0.2) is 5.82 Å². The molecule has 1 rings (SSSR count). The van der Waals surface area contributed by atoms with E-state index in [1.165, 1.54) is 7.11 Å². The number of ether oxygens (including phenoxy) is 1. The molecule has 0 saturated carbocycles. The van der Waals surface area contributed by atoms with Gasteiger partial charge in [-0.25, -0.2) is 0 Å². The van der Waals surface area contributed by atoms with E-state index in [0.29, 0.717) is 0 Å². The van der Waals surface area contributed by atoms with E-state index in [9.17, 15) is 13.2 Å². The number of hydrogen-bond acceptors (Lipinski definition) is 5. The van der Waals surface area contributed by atoms with E-state index in [1.807, 2.05) is 0 Å². The van der Waals surface area contributed by atoms with Gasteiger partial charge in [0.05, 0.1) is 13.0 Å². The van der Waals surface area contributed by atoms with Gasteiger partial charge < -0.3 is 15.0 Å². The second-order valence-corrected chi connectivity index (χ2v) is 3.23. The zero-order valence-corrected chi connectivity index (χ0v) is 8.62. The predicted octanol–water partition coefficient (Wildman–Crippen LogP) is 1.21. The summed E-state index contributed by atoms with van der Waals surface area (Å²) in [7, 11) is 1.45. The molecule has 0 bridgehead atoms. The smallest absolute Gasteiger partial charge is 0.383 e. The van der Waals surface area contributed by atoms with Gasteiger partial charge in [-0.05, 0) is 0 Å². The number of nitrogens with zero attached hydrogens (tertiary/aromatic N) is 2. The molecule has 1 atom stereocenters. The van der Waals surface area contributed by atoms with Crippen LogP contribution in [0.25, 0.3) is 0 Å². The summed E-state index contributed by atoms with van der Waals surface area (Å²) < 4.78 is 45.1. The Hall–Kier alpha value is -1.15. The van der Waals surface area contributed by atoms with Crippen molar-refractivity contribution in [3.05, 3.63) is 11.7 Å². The first-order valence-corrected chi connectivity index (χ1v) is 4.56. The van der Waals surface area contributed by atoms with Gasteiger partial charge in [-0.15, -0.1) is 0 Å². The molecule has 5 nitrogen and oxygen atoms in total. The summed E-state index contributed by atoms with van der Waals surface area (Å²) in [5.41, 5.74) is 5.56. The number of aromatic nitrogens is 2. The Kier molecular flexibility index (Phi) is 4.25. The molecule has 0 saturated heterocycles. The van der Waals surface area contributed by atoms with Gasteiger partial charge in [-0.2, -0.15) is 18.2 Å². The van der Waals surface area contributed by atoms with Crippen molar-refractivity contribution in [1.29, 1.82) is 0 Å². The van der Waals surface area contributed by atoms with Crippen molar-refractivity contribution >= 4 is 0 Å². The highest BCUT2D eigenvalue weighted by Gasteiger charge is 2.27. The third-order valence-electron chi connectivity index (χ3n) is 1.78. The molecule has 2 N–H and O–H groups in total. The number of aryl methyl sites for hydroxylation is 1. The van der Waals surface area contributed by atoms with Crippen molar-refractivity contribution in [2.45, 2.75) is 25.1 Å². The normalized spacial score (nSPS) is 14.1. The van der Waals surface area contributed by atoms with Crippen molar-refractivity contribution in [3.63, 3.8) is 0 Å². The quantitative estimate of drug-likeness (QED) is 0.835.